The largest absolute Gasteiger partial charge is 0.478 e. The van der Waals surface area contributed by atoms with Gasteiger partial charge in [-0.15, -0.1) is 0 Å². The summed E-state index contributed by atoms with van der Waals surface area (Å²) in [5.41, 5.74) is 0.489. The van der Waals surface area contributed by atoms with Crippen molar-refractivity contribution >= 4 is 11.7 Å². The molecule has 0 saturated heterocycles. The molecule has 0 aromatic heterocycles. The van der Waals surface area contributed by atoms with Crippen LogP contribution in [0.1, 0.15) is 19.8 Å². The van der Waals surface area contributed by atoms with Gasteiger partial charge in [-0.1, -0.05) is 24.6 Å². The summed E-state index contributed by atoms with van der Waals surface area (Å²) in [5, 5.41) is 24.6. The van der Waals surface area contributed by atoms with Gasteiger partial charge in [-0.2, -0.15) is 0 Å². The van der Waals surface area contributed by atoms with Gasteiger partial charge in [0.2, 0.25) is 5.90 Å². The summed E-state index contributed by atoms with van der Waals surface area (Å²) < 4.78 is 5.74. The van der Waals surface area contributed by atoms with Crippen LogP contribution in [0.4, 0.5) is 0 Å². The summed E-state index contributed by atoms with van der Waals surface area (Å²) in [7, 11) is 3.84. The molecule has 0 amide bonds. The average Bonchev–Trinajstić information content (AvgIpc) is 2.96. The molecule has 25 heavy (non-hydrogen) atoms. The molecule has 0 spiro atoms. The molecule has 0 aromatic carbocycles. The maximum atomic E-state index is 11.5. The molecule has 1 heterocycles. The highest BCUT2D eigenvalue weighted by Crippen LogP contribution is 2.32. The number of rotatable bonds is 8. The molecular formula is C18H28N2O5. The number of allylic oxidation sites excluding steroid dienone is 2. The fraction of sp³-hybridized carbons (Fsp3) is 0.667. The van der Waals surface area contributed by atoms with Crippen molar-refractivity contribution in [1.29, 1.82) is 0 Å². The number of carbonyl (C=O) groups is 1. The lowest BCUT2D eigenvalue weighted by molar-refractivity contribution is -0.110. The zero-order valence-corrected chi connectivity index (χ0v) is 15.1. The van der Waals surface area contributed by atoms with Gasteiger partial charge in [0, 0.05) is 12.5 Å². The molecule has 0 radical (unpaired) electrons. The number of hydrogen-bond donors (Lipinski definition) is 2. The number of aliphatic hydroxyl groups is 2. The molecule has 7 heteroatoms. The Morgan fingerprint density at radius 3 is 2.84 bits per heavy atom. The third kappa shape index (κ3) is 4.90. The fourth-order valence-corrected chi connectivity index (χ4v) is 3.08. The van der Waals surface area contributed by atoms with E-state index in [0.717, 1.165) is 12.8 Å². The van der Waals surface area contributed by atoms with E-state index >= 15 is 0 Å². The topological polar surface area (TPSA) is 91.6 Å². The lowest BCUT2D eigenvalue weighted by Gasteiger charge is -2.31. The second-order valence-corrected chi connectivity index (χ2v) is 6.72. The molecular weight excluding hydrogens is 324 g/mol. The van der Waals surface area contributed by atoms with Gasteiger partial charge in [-0.05, 0) is 38.2 Å². The second kappa shape index (κ2) is 9.12. The maximum absolute atomic E-state index is 11.5. The van der Waals surface area contributed by atoms with Gasteiger partial charge in [0.1, 0.15) is 5.92 Å². The Morgan fingerprint density at radius 2 is 2.20 bits per heavy atom. The number of ether oxygens (including phenoxy) is 1. The van der Waals surface area contributed by atoms with E-state index in [1.807, 2.05) is 19.0 Å². The van der Waals surface area contributed by atoms with E-state index in [4.69, 9.17) is 9.57 Å². The van der Waals surface area contributed by atoms with Crippen molar-refractivity contribution in [3.63, 3.8) is 0 Å². The Labute approximate surface area is 148 Å². The van der Waals surface area contributed by atoms with Crippen LogP contribution in [0.15, 0.2) is 29.0 Å². The molecule has 7 nitrogen and oxygen atoms in total. The van der Waals surface area contributed by atoms with E-state index in [9.17, 15) is 15.0 Å². The number of nitrogens with zero attached hydrogens (tertiary/aromatic N) is 2. The van der Waals surface area contributed by atoms with E-state index in [2.05, 4.69) is 12.1 Å². The first kappa shape index (κ1) is 19.6. The van der Waals surface area contributed by atoms with Crippen LogP contribution in [-0.2, 0) is 14.4 Å². The second-order valence-electron chi connectivity index (χ2n) is 6.72. The molecule has 0 saturated carbocycles. The van der Waals surface area contributed by atoms with Crippen molar-refractivity contribution in [3.05, 3.63) is 23.8 Å². The Balaban J connectivity index is 2.18. The maximum Gasteiger partial charge on any atom is 0.235 e. The standard InChI is InChI=1S/C18H28N2O5/c1-4-5-8-24-18-16(15(25-19-18)10-20(2)3)17(23)14-7-6-13(22)9-12(14)11-21/h6-7,9,14-17,21,23H,4-5,8,10-11H2,1-3H3/t14?,15?,16?,17-/m1/s1. The molecule has 140 valence electrons. The van der Waals surface area contributed by atoms with Crippen LogP contribution in [0.25, 0.3) is 0 Å². The van der Waals surface area contributed by atoms with Crippen molar-refractivity contribution in [2.24, 2.45) is 17.0 Å². The number of carbonyl (C=O) groups excluding carboxylic acids is 1. The predicted molar refractivity (Wildman–Crippen MR) is 94.0 cm³/mol. The summed E-state index contributed by atoms with van der Waals surface area (Å²) in [5.74, 6) is -0.736. The van der Waals surface area contributed by atoms with Crippen molar-refractivity contribution in [3.8, 4) is 0 Å². The Kier molecular flexibility index (Phi) is 7.16. The lowest BCUT2D eigenvalue weighted by atomic mass is 9.80. The number of oxime groups is 1. The van der Waals surface area contributed by atoms with Gasteiger partial charge < -0.3 is 24.7 Å². The van der Waals surface area contributed by atoms with Crippen LogP contribution in [-0.4, -0.2) is 72.9 Å². The molecule has 3 unspecified atom stereocenters. The molecule has 4 atom stereocenters. The van der Waals surface area contributed by atoms with Crippen molar-refractivity contribution < 1.29 is 24.6 Å². The highest BCUT2D eigenvalue weighted by Gasteiger charge is 2.44. The van der Waals surface area contributed by atoms with Crippen molar-refractivity contribution in [1.82, 2.24) is 4.90 Å². The normalized spacial score (nSPS) is 27.1. The monoisotopic (exact) mass is 352 g/mol. The Bertz CT molecular complexity index is 556. The molecule has 1 aliphatic carbocycles. The minimum Gasteiger partial charge on any atom is -0.478 e. The summed E-state index contributed by atoms with van der Waals surface area (Å²) in [6.07, 6.45) is 5.04. The molecule has 0 bridgehead atoms. The summed E-state index contributed by atoms with van der Waals surface area (Å²) in [6, 6.07) is 0. The fourth-order valence-electron chi connectivity index (χ4n) is 3.08. The summed E-state index contributed by atoms with van der Waals surface area (Å²) in [4.78, 5) is 19.0. The first-order chi connectivity index (χ1) is 12.0. The molecule has 2 rings (SSSR count). The van der Waals surface area contributed by atoms with E-state index in [1.165, 1.54) is 12.2 Å². The number of ketones is 1. The van der Waals surface area contributed by atoms with Crippen LogP contribution < -0.4 is 0 Å². The Hall–Kier alpha value is -1.70. The molecule has 0 aromatic rings. The molecule has 2 N–H and O–H groups in total. The smallest absolute Gasteiger partial charge is 0.235 e. The average molecular weight is 352 g/mol. The minimum absolute atomic E-state index is 0.187. The number of hydrogen-bond acceptors (Lipinski definition) is 7. The first-order valence-electron chi connectivity index (χ1n) is 8.70. The molecule has 1 aliphatic heterocycles. The van der Waals surface area contributed by atoms with Crippen LogP contribution in [0, 0.1) is 11.8 Å². The van der Waals surface area contributed by atoms with E-state index in [-0.39, 0.29) is 18.5 Å². The third-order valence-corrected chi connectivity index (χ3v) is 4.40. The first-order valence-corrected chi connectivity index (χ1v) is 8.70. The van der Waals surface area contributed by atoms with Crippen LogP contribution >= 0.6 is 0 Å². The zero-order chi connectivity index (χ0) is 18.4. The van der Waals surface area contributed by atoms with Gasteiger partial charge in [0.25, 0.3) is 0 Å². The minimum atomic E-state index is -0.907. The Morgan fingerprint density at radius 1 is 1.44 bits per heavy atom. The zero-order valence-electron chi connectivity index (χ0n) is 15.1. The summed E-state index contributed by atoms with van der Waals surface area (Å²) in [6.45, 7) is 2.87. The van der Waals surface area contributed by atoms with Crippen LogP contribution in [0.2, 0.25) is 0 Å². The van der Waals surface area contributed by atoms with Crippen LogP contribution in [0.3, 0.4) is 0 Å². The van der Waals surface area contributed by atoms with Crippen molar-refractivity contribution in [2.45, 2.75) is 32.0 Å². The molecule has 0 fully saturated rings. The van der Waals surface area contributed by atoms with Gasteiger partial charge in [-0.3, -0.25) is 4.79 Å². The SMILES string of the molecule is CCCCOC1=NOC(CN(C)C)C1[C@H](O)C1C=CC(=O)C=C1CO. The van der Waals surface area contributed by atoms with E-state index < -0.39 is 17.9 Å². The number of unbranched alkanes of at least 4 members (excludes halogenated alkanes) is 1. The van der Waals surface area contributed by atoms with E-state index in [1.54, 1.807) is 6.08 Å². The summed E-state index contributed by atoms with van der Waals surface area (Å²) >= 11 is 0. The number of likely N-dealkylation sites (N-methyl/N-ethyl adjacent to an activating group) is 1. The quantitative estimate of drug-likeness (QED) is 0.626. The van der Waals surface area contributed by atoms with Crippen molar-refractivity contribution in [2.75, 3.05) is 33.9 Å². The van der Waals surface area contributed by atoms with Gasteiger partial charge in [-0.25, -0.2) is 0 Å². The highest BCUT2D eigenvalue weighted by molar-refractivity contribution is 6.01. The third-order valence-electron chi connectivity index (χ3n) is 4.40. The van der Waals surface area contributed by atoms with Gasteiger partial charge in [0.05, 0.1) is 19.3 Å². The predicted octanol–water partition coefficient (Wildman–Crippen LogP) is 0.728. The van der Waals surface area contributed by atoms with Gasteiger partial charge in [0.15, 0.2) is 11.9 Å². The highest BCUT2D eigenvalue weighted by atomic mass is 16.7. The lowest BCUT2D eigenvalue weighted by Crippen LogP contribution is -2.44. The molecule has 2 aliphatic rings. The van der Waals surface area contributed by atoms with E-state index in [0.29, 0.717) is 24.6 Å². The van der Waals surface area contributed by atoms with Gasteiger partial charge >= 0.3 is 0 Å². The van der Waals surface area contributed by atoms with Crippen LogP contribution in [0.5, 0.6) is 0 Å². The number of aliphatic hydroxyl groups excluding tert-OH is 2.